The summed E-state index contributed by atoms with van der Waals surface area (Å²) in [6.45, 7) is 4.89. The largest absolute Gasteiger partial charge is 0.361 e. The molecule has 0 unspecified atom stereocenters. The van der Waals surface area contributed by atoms with E-state index >= 15 is 0 Å². The molecule has 0 aliphatic rings. The zero-order valence-electron chi connectivity index (χ0n) is 16.0. The summed E-state index contributed by atoms with van der Waals surface area (Å²) < 4.78 is 27.6. The predicted octanol–water partition coefficient (Wildman–Crippen LogP) is 3.07. The third-order valence-corrected chi connectivity index (χ3v) is 5.94. The number of fused-ring (bicyclic) bond motifs is 1. The Morgan fingerprint density at radius 3 is 2.50 bits per heavy atom. The number of nitrogens with one attached hydrogen (secondary N) is 3. The van der Waals surface area contributed by atoms with Crippen LogP contribution in [0.15, 0.2) is 59.6 Å². The molecule has 0 bridgehead atoms. The lowest BCUT2D eigenvalue weighted by Gasteiger charge is -2.09. The van der Waals surface area contributed by atoms with Gasteiger partial charge in [0.05, 0.1) is 4.90 Å². The van der Waals surface area contributed by atoms with Crippen LogP contribution in [-0.4, -0.2) is 32.4 Å². The highest BCUT2D eigenvalue weighted by atomic mass is 32.2. The number of sulfonamides is 1. The smallest absolute Gasteiger partial charge is 0.251 e. The number of hydrogen-bond acceptors (Lipinski definition) is 3. The van der Waals surface area contributed by atoms with Crippen LogP contribution in [0.2, 0.25) is 0 Å². The van der Waals surface area contributed by atoms with Gasteiger partial charge in [-0.1, -0.05) is 32.0 Å². The third-order valence-electron chi connectivity index (χ3n) is 4.46. The quantitative estimate of drug-likeness (QED) is 0.544. The number of hydrogen-bond donors (Lipinski definition) is 3. The first-order valence-corrected chi connectivity index (χ1v) is 10.8. The molecule has 0 aliphatic carbocycles. The van der Waals surface area contributed by atoms with E-state index in [1.54, 1.807) is 0 Å². The molecule has 1 aromatic heterocycles. The van der Waals surface area contributed by atoms with Gasteiger partial charge in [0.25, 0.3) is 5.91 Å². The van der Waals surface area contributed by atoms with Gasteiger partial charge in [0.2, 0.25) is 10.0 Å². The van der Waals surface area contributed by atoms with Gasteiger partial charge in [0, 0.05) is 35.8 Å². The van der Waals surface area contributed by atoms with Crippen LogP contribution in [0.4, 0.5) is 0 Å². The van der Waals surface area contributed by atoms with E-state index in [4.69, 9.17) is 0 Å². The zero-order chi connectivity index (χ0) is 20.1. The van der Waals surface area contributed by atoms with Gasteiger partial charge in [-0.3, -0.25) is 4.79 Å². The number of carbonyl (C=O) groups excluding carboxylic acids is 1. The van der Waals surface area contributed by atoms with Gasteiger partial charge in [0.1, 0.15) is 0 Å². The highest BCUT2D eigenvalue weighted by Gasteiger charge is 2.15. The van der Waals surface area contributed by atoms with Crippen LogP contribution in [0, 0.1) is 5.92 Å². The second kappa shape index (κ2) is 8.58. The van der Waals surface area contributed by atoms with Crippen LogP contribution in [0.3, 0.4) is 0 Å². The maximum Gasteiger partial charge on any atom is 0.251 e. The summed E-state index contributed by atoms with van der Waals surface area (Å²) in [5, 5.41) is 3.91. The lowest BCUT2D eigenvalue weighted by Crippen LogP contribution is -2.28. The number of para-hydroxylation sites is 1. The minimum Gasteiger partial charge on any atom is -0.361 e. The van der Waals surface area contributed by atoms with Crippen LogP contribution in [-0.2, 0) is 16.4 Å². The van der Waals surface area contributed by atoms with Crippen LogP contribution < -0.4 is 10.0 Å². The fraction of sp³-hybridized carbons (Fsp3) is 0.286. The predicted molar refractivity (Wildman–Crippen MR) is 111 cm³/mol. The van der Waals surface area contributed by atoms with E-state index in [-0.39, 0.29) is 10.8 Å². The third kappa shape index (κ3) is 4.79. The van der Waals surface area contributed by atoms with Crippen LogP contribution in [0.25, 0.3) is 10.9 Å². The van der Waals surface area contributed by atoms with Crippen molar-refractivity contribution in [2.75, 3.05) is 13.1 Å². The van der Waals surface area contributed by atoms with Crippen molar-refractivity contribution < 1.29 is 13.2 Å². The molecule has 0 atom stereocenters. The Labute approximate surface area is 165 Å². The molecule has 0 saturated heterocycles. The molecule has 2 aromatic carbocycles. The topological polar surface area (TPSA) is 91.1 Å². The molecule has 3 N–H and O–H groups in total. The van der Waals surface area contributed by atoms with Crippen molar-refractivity contribution in [3.63, 3.8) is 0 Å². The first-order valence-electron chi connectivity index (χ1n) is 9.30. The van der Waals surface area contributed by atoms with Gasteiger partial charge in [-0.25, -0.2) is 13.1 Å². The average Bonchev–Trinajstić information content (AvgIpc) is 3.09. The van der Waals surface area contributed by atoms with Gasteiger partial charge in [-0.05, 0) is 48.2 Å². The zero-order valence-corrected chi connectivity index (χ0v) is 16.8. The Bertz CT molecular complexity index is 1050. The van der Waals surface area contributed by atoms with Crippen molar-refractivity contribution in [3.8, 4) is 0 Å². The Balaban J connectivity index is 1.60. The second-order valence-electron chi connectivity index (χ2n) is 7.14. The number of aromatic nitrogens is 1. The SMILES string of the molecule is CC(C)CNC(=O)c1ccc(S(=O)(=O)NCCc2c[nH]c3ccccc23)cc1. The maximum absolute atomic E-state index is 12.5. The summed E-state index contributed by atoms with van der Waals surface area (Å²) >= 11 is 0. The Morgan fingerprint density at radius 1 is 1.07 bits per heavy atom. The van der Waals surface area contributed by atoms with Crippen LogP contribution in [0.5, 0.6) is 0 Å². The van der Waals surface area contributed by atoms with E-state index < -0.39 is 10.0 Å². The van der Waals surface area contributed by atoms with E-state index in [9.17, 15) is 13.2 Å². The number of rotatable bonds is 8. The Kier molecular flexibility index (Phi) is 6.16. The molecule has 0 aliphatic heterocycles. The molecule has 1 amide bonds. The summed E-state index contributed by atoms with van der Waals surface area (Å²) in [5.74, 6) is 0.148. The molecule has 3 rings (SSSR count). The number of H-pyrrole nitrogens is 1. The lowest BCUT2D eigenvalue weighted by molar-refractivity contribution is 0.0949. The fourth-order valence-corrected chi connectivity index (χ4v) is 3.96. The lowest BCUT2D eigenvalue weighted by atomic mass is 10.1. The van der Waals surface area contributed by atoms with Crippen molar-refractivity contribution in [2.24, 2.45) is 5.92 Å². The molecule has 148 valence electrons. The van der Waals surface area contributed by atoms with Crippen molar-refractivity contribution in [1.29, 1.82) is 0 Å². The minimum atomic E-state index is -3.63. The normalized spacial score (nSPS) is 11.8. The van der Waals surface area contributed by atoms with Crippen molar-refractivity contribution in [3.05, 3.63) is 65.9 Å². The highest BCUT2D eigenvalue weighted by Crippen LogP contribution is 2.18. The van der Waals surface area contributed by atoms with E-state index in [0.717, 1.165) is 16.5 Å². The molecular weight excluding hydrogens is 374 g/mol. The molecule has 6 nitrogen and oxygen atoms in total. The summed E-state index contributed by atoms with van der Waals surface area (Å²) in [5.41, 5.74) is 2.54. The average molecular weight is 400 g/mol. The summed E-state index contributed by atoms with van der Waals surface area (Å²) in [7, 11) is -3.63. The van der Waals surface area contributed by atoms with Crippen LogP contribution >= 0.6 is 0 Å². The Hall–Kier alpha value is -2.64. The van der Waals surface area contributed by atoms with Gasteiger partial charge in [0.15, 0.2) is 0 Å². The van der Waals surface area contributed by atoms with E-state index in [0.29, 0.717) is 31.0 Å². The number of carbonyl (C=O) groups is 1. The molecule has 3 aromatic rings. The van der Waals surface area contributed by atoms with Crippen LogP contribution in [0.1, 0.15) is 29.8 Å². The summed E-state index contributed by atoms with van der Waals surface area (Å²) in [6, 6.07) is 13.9. The van der Waals surface area contributed by atoms with E-state index in [1.807, 2.05) is 44.3 Å². The standard InChI is InChI=1S/C21H25N3O3S/c1-15(2)13-23-21(25)16-7-9-18(10-8-16)28(26,27)24-12-11-17-14-22-20-6-4-3-5-19(17)20/h3-10,14-15,22,24H,11-13H2,1-2H3,(H,23,25). The molecule has 1 heterocycles. The summed E-state index contributed by atoms with van der Waals surface area (Å²) in [4.78, 5) is 15.4. The van der Waals surface area contributed by atoms with Crippen molar-refractivity contribution in [1.82, 2.24) is 15.0 Å². The monoisotopic (exact) mass is 399 g/mol. The van der Waals surface area contributed by atoms with E-state index in [2.05, 4.69) is 15.0 Å². The van der Waals surface area contributed by atoms with Gasteiger partial charge in [-0.2, -0.15) is 0 Å². The molecule has 0 radical (unpaired) electrons. The minimum absolute atomic E-state index is 0.145. The molecule has 28 heavy (non-hydrogen) atoms. The number of benzene rings is 2. The van der Waals surface area contributed by atoms with E-state index in [1.165, 1.54) is 24.3 Å². The fourth-order valence-electron chi connectivity index (χ4n) is 2.93. The molecule has 0 spiro atoms. The van der Waals surface area contributed by atoms with Crippen molar-refractivity contribution in [2.45, 2.75) is 25.2 Å². The summed E-state index contributed by atoms with van der Waals surface area (Å²) in [6.07, 6.45) is 2.49. The van der Waals surface area contributed by atoms with Gasteiger partial charge < -0.3 is 10.3 Å². The Morgan fingerprint density at radius 2 is 1.79 bits per heavy atom. The van der Waals surface area contributed by atoms with Crippen molar-refractivity contribution >= 4 is 26.8 Å². The second-order valence-corrected chi connectivity index (χ2v) is 8.90. The molecular formula is C21H25N3O3S. The first kappa shape index (κ1) is 20.1. The first-order chi connectivity index (χ1) is 13.4. The molecule has 0 fully saturated rings. The molecule has 0 saturated carbocycles. The number of aromatic amines is 1. The van der Waals surface area contributed by atoms with Gasteiger partial charge >= 0.3 is 0 Å². The maximum atomic E-state index is 12.5. The van der Waals surface area contributed by atoms with Gasteiger partial charge in [-0.15, -0.1) is 0 Å². The highest BCUT2D eigenvalue weighted by molar-refractivity contribution is 7.89. The molecule has 7 heteroatoms. The number of amides is 1.